The second kappa shape index (κ2) is 5.54. The van der Waals surface area contributed by atoms with Gasteiger partial charge in [-0.15, -0.1) is 8.58 Å². The summed E-state index contributed by atoms with van der Waals surface area (Å²) < 4.78 is 10.7. The van der Waals surface area contributed by atoms with Crippen LogP contribution in [0.5, 0.6) is 11.5 Å². The van der Waals surface area contributed by atoms with Crippen LogP contribution in [0.25, 0.3) is 0 Å². The standard InChI is InChI=1S/C13H21O2P/c1-6-13(2,16-5)11-9-10(14-3)7-8-12(11)15-4/h7-9,16H,6H2,1-5H3. The van der Waals surface area contributed by atoms with Crippen LogP contribution in [0, 0.1) is 0 Å². The zero-order valence-corrected chi connectivity index (χ0v) is 11.8. The van der Waals surface area contributed by atoms with Gasteiger partial charge in [-0.2, -0.15) is 0 Å². The van der Waals surface area contributed by atoms with E-state index in [1.807, 2.05) is 12.1 Å². The molecule has 0 spiro atoms. The molecule has 0 saturated heterocycles. The summed E-state index contributed by atoms with van der Waals surface area (Å²) in [4.78, 5) is 0. The van der Waals surface area contributed by atoms with E-state index in [1.165, 1.54) is 5.56 Å². The Balaban J connectivity index is 3.27. The Morgan fingerprint density at radius 3 is 2.38 bits per heavy atom. The van der Waals surface area contributed by atoms with E-state index in [1.54, 1.807) is 14.2 Å². The van der Waals surface area contributed by atoms with Crippen molar-refractivity contribution in [2.45, 2.75) is 25.4 Å². The Bertz CT molecular complexity index is 346. The van der Waals surface area contributed by atoms with Crippen molar-refractivity contribution in [1.29, 1.82) is 0 Å². The third-order valence-electron chi connectivity index (χ3n) is 3.26. The molecular weight excluding hydrogens is 219 g/mol. The molecule has 2 atom stereocenters. The molecule has 0 fully saturated rings. The van der Waals surface area contributed by atoms with Gasteiger partial charge < -0.3 is 9.47 Å². The zero-order chi connectivity index (χ0) is 12.2. The maximum absolute atomic E-state index is 5.44. The van der Waals surface area contributed by atoms with Gasteiger partial charge in [0.15, 0.2) is 0 Å². The number of hydrogen-bond acceptors (Lipinski definition) is 2. The molecule has 1 aromatic rings. The van der Waals surface area contributed by atoms with Crippen LogP contribution >= 0.6 is 8.58 Å². The van der Waals surface area contributed by atoms with Gasteiger partial charge in [-0.3, -0.25) is 0 Å². The Hall–Kier alpha value is -0.750. The average molecular weight is 240 g/mol. The normalized spacial score (nSPS) is 15.1. The second-order valence-electron chi connectivity index (χ2n) is 4.00. The molecule has 2 unspecified atom stereocenters. The smallest absolute Gasteiger partial charge is 0.123 e. The summed E-state index contributed by atoms with van der Waals surface area (Å²) in [6.45, 7) is 6.74. The first-order valence-corrected chi connectivity index (χ1v) is 7.02. The van der Waals surface area contributed by atoms with Crippen molar-refractivity contribution in [3.05, 3.63) is 23.8 Å². The highest BCUT2D eigenvalue weighted by atomic mass is 31.1. The van der Waals surface area contributed by atoms with Crippen molar-refractivity contribution in [2.24, 2.45) is 0 Å². The minimum atomic E-state index is 0.180. The van der Waals surface area contributed by atoms with Gasteiger partial charge in [0.25, 0.3) is 0 Å². The molecule has 0 amide bonds. The van der Waals surface area contributed by atoms with Gasteiger partial charge in [-0.1, -0.05) is 13.8 Å². The van der Waals surface area contributed by atoms with Crippen LogP contribution < -0.4 is 9.47 Å². The highest BCUT2D eigenvalue weighted by molar-refractivity contribution is 7.38. The van der Waals surface area contributed by atoms with Crippen molar-refractivity contribution in [3.8, 4) is 11.5 Å². The lowest BCUT2D eigenvalue weighted by Crippen LogP contribution is -2.15. The Morgan fingerprint density at radius 1 is 1.25 bits per heavy atom. The molecular formula is C13H21O2P. The maximum Gasteiger partial charge on any atom is 0.123 e. The van der Waals surface area contributed by atoms with E-state index >= 15 is 0 Å². The third kappa shape index (κ3) is 2.49. The van der Waals surface area contributed by atoms with Crippen LogP contribution in [0.15, 0.2) is 18.2 Å². The molecule has 1 rings (SSSR count). The molecule has 0 N–H and O–H groups in total. The minimum absolute atomic E-state index is 0.180. The first-order valence-electron chi connectivity index (χ1n) is 5.52. The van der Waals surface area contributed by atoms with Crippen LogP contribution in [0.1, 0.15) is 25.8 Å². The lowest BCUT2D eigenvalue weighted by atomic mass is 9.96. The lowest BCUT2D eigenvalue weighted by Gasteiger charge is -2.29. The Labute approximate surface area is 100 Å². The summed E-state index contributed by atoms with van der Waals surface area (Å²) in [6, 6.07) is 6.03. The van der Waals surface area contributed by atoms with E-state index in [2.05, 4.69) is 26.6 Å². The monoisotopic (exact) mass is 240 g/mol. The largest absolute Gasteiger partial charge is 0.497 e. The van der Waals surface area contributed by atoms with Crippen LogP contribution in [0.2, 0.25) is 0 Å². The van der Waals surface area contributed by atoms with E-state index in [4.69, 9.17) is 9.47 Å². The Kier molecular flexibility index (Phi) is 4.61. The minimum Gasteiger partial charge on any atom is -0.497 e. The van der Waals surface area contributed by atoms with Gasteiger partial charge in [0, 0.05) is 10.7 Å². The first kappa shape index (κ1) is 13.3. The molecule has 16 heavy (non-hydrogen) atoms. The quantitative estimate of drug-likeness (QED) is 0.731. The van der Waals surface area contributed by atoms with Crippen LogP contribution in [0.4, 0.5) is 0 Å². The summed E-state index contributed by atoms with van der Waals surface area (Å²) in [5.41, 5.74) is 1.25. The van der Waals surface area contributed by atoms with Crippen molar-refractivity contribution >= 4 is 8.58 Å². The summed E-state index contributed by atoms with van der Waals surface area (Å²) in [7, 11) is 4.26. The van der Waals surface area contributed by atoms with Gasteiger partial charge >= 0.3 is 0 Å². The van der Waals surface area contributed by atoms with Crippen molar-refractivity contribution in [2.75, 3.05) is 20.9 Å². The highest BCUT2D eigenvalue weighted by Gasteiger charge is 2.26. The lowest BCUT2D eigenvalue weighted by molar-refractivity contribution is 0.393. The maximum atomic E-state index is 5.44. The van der Waals surface area contributed by atoms with Gasteiger partial charge in [0.2, 0.25) is 0 Å². The summed E-state index contributed by atoms with van der Waals surface area (Å²) >= 11 is 0. The van der Waals surface area contributed by atoms with E-state index in [0.29, 0.717) is 0 Å². The molecule has 2 nitrogen and oxygen atoms in total. The van der Waals surface area contributed by atoms with Crippen LogP contribution in [-0.2, 0) is 5.16 Å². The van der Waals surface area contributed by atoms with Crippen molar-refractivity contribution < 1.29 is 9.47 Å². The molecule has 0 aromatic heterocycles. The average Bonchev–Trinajstić information content (AvgIpc) is 2.37. The van der Waals surface area contributed by atoms with E-state index in [-0.39, 0.29) is 5.16 Å². The molecule has 1 aromatic carbocycles. The number of benzene rings is 1. The number of methoxy groups -OCH3 is 2. The SMILES string of the molecule is CCC(C)(PC)c1cc(OC)ccc1OC. The fourth-order valence-electron chi connectivity index (χ4n) is 1.75. The molecule has 0 saturated carbocycles. The molecule has 3 heteroatoms. The number of rotatable bonds is 5. The fourth-order valence-corrected chi connectivity index (χ4v) is 2.57. The Morgan fingerprint density at radius 2 is 1.94 bits per heavy atom. The van der Waals surface area contributed by atoms with Crippen molar-refractivity contribution in [1.82, 2.24) is 0 Å². The van der Waals surface area contributed by atoms with Gasteiger partial charge in [-0.05, 0) is 31.3 Å². The predicted molar refractivity (Wildman–Crippen MR) is 71.4 cm³/mol. The first-order chi connectivity index (χ1) is 7.61. The molecule has 0 aliphatic rings. The topological polar surface area (TPSA) is 18.5 Å². The van der Waals surface area contributed by atoms with Gasteiger partial charge in [0.1, 0.15) is 11.5 Å². The molecule has 0 aliphatic heterocycles. The van der Waals surface area contributed by atoms with Crippen molar-refractivity contribution in [3.63, 3.8) is 0 Å². The molecule has 90 valence electrons. The van der Waals surface area contributed by atoms with Gasteiger partial charge in [0.05, 0.1) is 14.2 Å². The van der Waals surface area contributed by atoms with Crippen LogP contribution in [0.3, 0.4) is 0 Å². The number of ether oxygens (including phenoxy) is 2. The summed E-state index contributed by atoms with van der Waals surface area (Å²) in [5, 5.41) is 0.180. The highest BCUT2D eigenvalue weighted by Crippen LogP contribution is 2.46. The third-order valence-corrected chi connectivity index (χ3v) is 4.99. The zero-order valence-electron chi connectivity index (χ0n) is 10.8. The molecule has 0 radical (unpaired) electrons. The van der Waals surface area contributed by atoms with E-state index < -0.39 is 0 Å². The van der Waals surface area contributed by atoms with Crippen LogP contribution in [-0.4, -0.2) is 20.9 Å². The second-order valence-corrected chi connectivity index (χ2v) is 5.61. The van der Waals surface area contributed by atoms with E-state index in [9.17, 15) is 0 Å². The molecule has 0 bridgehead atoms. The fraction of sp³-hybridized carbons (Fsp3) is 0.538. The molecule has 0 heterocycles. The summed E-state index contributed by atoms with van der Waals surface area (Å²) in [5.74, 6) is 1.85. The molecule has 0 aliphatic carbocycles. The van der Waals surface area contributed by atoms with Gasteiger partial charge in [-0.25, -0.2) is 0 Å². The predicted octanol–water partition coefficient (Wildman–Crippen LogP) is 3.64. The number of hydrogen-bond donors (Lipinski definition) is 0. The summed E-state index contributed by atoms with van der Waals surface area (Å²) in [6.07, 6.45) is 1.10. The van der Waals surface area contributed by atoms with E-state index in [0.717, 1.165) is 26.5 Å².